The average Bonchev–Trinajstić information content (AvgIpc) is 2.59. The van der Waals surface area contributed by atoms with Gasteiger partial charge in [0, 0.05) is 18.7 Å². The lowest BCUT2D eigenvalue weighted by Crippen LogP contribution is -2.31. The molecular formula is C9H12N2O5. The van der Waals surface area contributed by atoms with Gasteiger partial charge >= 0.3 is 5.69 Å². The molecule has 0 radical (unpaired) electrons. The minimum absolute atomic E-state index is 0.206. The molecule has 1 aromatic rings. The number of H-pyrrole nitrogens is 1. The second-order valence-corrected chi connectivity index (χ2v) is 3.63. The van der Waals surface area contributed by atoms with E-state index in [1.54, 1.807) is 0 Å². The Hall–Kier alpha value is -1.44. The van der Waals surface area contributed by atoms with Crippen LogP contribution in [0.15, 0.2) is 21.9 Å². The summed E-state index contributed by atoms with van der Waals surface area (Å²) in [4.78, 5) is 24.3. The molecule has 0 amide bonds. The van der Waals surface area contributed by atoms with Crippen LogP contribution in [0.4, 0.5) is 0 Å². The molecule has 2 rings (SSSR count). The lowest BCUT2D eigenvalue weighted by Gasteiger charge is -2.13. The second kappa shape index (κ2) is 4.20. The van der Waals surface area contributed by atoms with Crippen LogP contribution in [0, 0.1) is 0 Å². The summed E-state index contributed by atoms with van der Waals surface area (Å²) in [7, 11) is 0. The van der Waals surface area contributed by atoms with Crippen molar-refractivity contribution in [2.75, 3.05) is 6.61 Å². The van der Waals surface area contributed by atoms with E-state index in [1.807, 2.05) is 0 Å². The maximum Gasteiger partial charge on any atom is 0.330 e. The summed E-state index contributed by atoms with van der Waals surface area (Å²) in [6, 6.07) is 1.20. The first kappa shape index (κ1) is 11.1. The van der Waals surface area contributed by atoms with Gasteiger partial charge in [-0.2, -0.15) is 0 Å². The Morgan fingerprint density at radius 3 is 2.88 bits per heavy atom. The highest BCUT2D eigenvalue weighted by Crippen LogP contribution is 2.26. The Labute approximate surface area is 89.9 Å². The van der Waals surface area contributed by atoms with Crippen molar-refractivity contribution < 1.29 is 14.9 Å². The van der Waals surface area contributed by atoms with Crippen LogP contribution in [-0.2, 0) is 4.74 Å². The molecule has 1 aliphatic rings. The molecule has 1 fully saturated rings. The number of aliphatic hydroxyl groups is 2. The van der Waals surface area contributed by atoms with Crippen LogP contribution in [0.25, 0.3) is 0 Å². The van der Waals surface area contributed by atoms with Gasteiger partial charge in [0.1, 0.15) is 12.3 Å². The predicted octanol–water partition coefficient (Wildman–Crippen LogP) is -1.82. The first-order valence-corrected chi connectivity index (χ1v) is 4.87. The molecule has 2 heterocycles. The molecule has 0 bridgehead atoms. The molecule has 1 aliphatic heterocycles. The van der Waals surface area contributed by atoms with Gasteiger partial charge in [0.25, 0.3) is 5.56 Å². The van der Waals surface area contributed by atoms with Crippen LogP contribution in [0.2, 0.25) is 0 Å². The predicted molar refractivity (Wildman–Crippen MR) is 52.9 cm³/mol. The molecule has 7 heteroatoms. The summed E-state index contributed by atoms with van der Waals surface area (Å²) in [6.45, 7) is -0.310. The number of ether oxygens (including phenoxy) is 1. The van der Waals surface area contributed by atoms with Gasteiger partial charge in [-0.3, -0.25) is 14.3 Å². The summed E-state index contributed by atoms with van der Waals surface area (Å²) in [5, 5.41) is 18.4. The fourth-order valence-electron chi connectivity index (χ4n) is 1.70. The van der Waals surface area contributed by atoms with Crippen molar-refractivity contribution in [2.45, 2.75) is 24.9 Å². The molecule has 3 N–H and O–H groups in total. The highest BCUT2D eigenvalue weighted by molar-refractivity contribution is 4.88. The molecule has 16 heavy (non-hydrogen) atoms. The van der Waals surface area contributed by atoms with Crippen LogP contribution in [0.1, 0.15) is 12.6 Å². The van der Waals surface area contributed by atoms with Crippen LogP contribution in [0.3, 0.4) is 0 Å². The second-order valence-electron chi connectivity index (χ2n) is 3.63. The van der Waals surface area contributed by atoms with Crippen molar-refractivity contribution >= 4 is 0 Å². The number of aliphatic hydroxyl groups excluding tert-OH is 2. The first-order chi connectivity index (χ1) is 7.61. The summed E-state index contributed by atoms with van der Waals surface area (Å²) >= 11 is 0. The van der Waals surface area contributed by atoms with Gasteiger partial charge in [-0.1, -0.05) is 0 Å². The van der Waals surface area contributed by atoms with Gasteiger partial charge in [0.05, 0.1) is 12.7 Å². The van der Waals surface area contributed by atoms with E-state index in [0.717, 1.165) is 0 Å². The van der Waals surface area contributed by atoms with Crippen LogP contribution >= 0.6 is 0 Å². The van der Waals surface area contributed by atoms with Gasteiger partial charge in [0.2, 0.25) is 0 Å². The zero-order chi connectivity index (χ0) is 11.7. The minimum Gasteiger partial charge on any atom is -0.394 e. The summed E-state index contributed by atoms with van der Waals surface area (Å²) in [6.07, 6.45) is -0.649. The van der Waals surface area contributed by atoms with E-state index >= 15 is 0 Å². The highest BCUT2D eigenvalue weighted by Gasteiger charge is 2.34. The van der Waals surface area contributed by atoms with Gasteiger partial charge in [-0.05, 0) is 0 Å². The Morgan fingerprint density at radius 1 is 1.56 bits per heavy atom. The van der Waals surface area contributed by atoms with Crippen LogP contribution in [0.5, 0.6) is 0 Å². The van der Waals surface area contributed by atoms with Crippen molar-refractivity contribution in [1.29, 1.82) is 0 Å². The number of aromatic amines is 1. The fraction of sp³-hybridized carbons (Fsp3) is 0.556. The minimum atomic E-state index is -0.811. The van der Waals surface area contributed by atoms with Crippen LogP contribution in [-0.4, -0.2) is 38.6 Å². The van der Waals surface area contributed by atoms with Crippen molar-refractivity contribution in [3.63, 3.8) is 0 Å². The van der Waals surface area contributed by atoms with Crippen molar-refractivity contribution in [3.05, 3.63) is 33.1 Å². The van der Waals surface area contributed by atoms with Crippen LogP contribution < -0.4 is 11.2 Å². The Bertz CT molecular complexity index is 479. The topological polar surface area (TPSA) is 105 Å². The molecule has 1 aromatic heterocycles. The van der Waals surface area contributed by atoms with E-state index in [0.29, 0.717) is 0 Å². The number of hydrogen-bond donors (Lipinski definition) is 3. The summed E-state index contributed by atoms with van der Waals surface area (Å²) < 4.78 is 6.45. The summed E-state index contributed by atoms with van der Waals surface area (Å²) in [5.74, 6) is 0. The third-order valence-electron chi connectivity index (χ3n) is 2.55. The van der Waals surface area contributed by atoms with Crippen molar-refractivity contribution in [2.24, 2.45) is 0 Å². The molecule has 0 saturated carbocycles. The third kappa shape index (κ3) is 1.92. The number of aromatic nitrogens is 2. The zero-order valence-corrected chi connectivity index (χ0v) is 8.37. The molecule has 88 valence electrons. The molecule has 0 spiro atoms. The van der Waals surface area contributed by atoms with E-state index in [9.17, 15) is 14.7 Å². The van der Waals surface area contributed by atoms with Crippen molar-refractivity contribution in [1.82, 2.24) is 9.55 Å². The molecule has 1 saturated heterocycles. The Kier molecular flexibility index (Phi) is 2.90. The Morgan fingerprint density at radius 2 is 2.31 bits per heavy atom. The lowest BCUT2D eigenvalue weighted by molar-refractivity contribution is -0.0459. The molecular weight excluding hydrogens is 216 g/mol. The molecule has 0 aliphatic carbocycles. The first-order valence-electron chi connectivity index (χ1n) is 4.87. The Balaban J connectivity index is 2.27. The number of nitrogens with zero attached hydrogens (tertiary/aromatic N) is 1. The maximum atomic E-state index is 11.4. The van der Waals surface area contributed by atoms with Gasteiger partial charge < -0.3 is 14.9 Å². The number of rotatable bonds is 2. The lowest BCUT2D eigenvalue weighted by atomic mass is 10.2. The van der Waals surface area contributed by atoms with Gasteiger partial charge in [0.15, 0.2) is 0 Å². The van der Waals surface area contributed by atoms with E-state index in [4.69, 9.17) is 9.84 Å². The molecule has 3 atom stereocenters. The number of nitrogens with one attached hydrogen (secondary N) is 1. The molecule has 0 unspecified atom stereocenters. The SMILES string of the molecule is O=c1ccn([C@H]2C[C@H](O)[C@H](CO)O2)c(=O)[nH]1. The largest absolute Gasteiger partial charge is 0.394 e. The maximum absolute atomic E-state index is 11.4. The van der Waals surface area contributed by atoms with E-state index in [2.05, 4.69) is 4.98 Å². The van der Waals surface area contributed by atoms with Gasteiger partial charge in [-0.15, -0.1) is 0 Å². The van der Waals surface area contributed by atoms with Crippen molar-refractivity contribution in [3.8, 4) is 0 Å². The monoisotopic (exact) mass is 228 g/mol. The fourth-order valence-corrected chi connectivity index (χ4v) is 1.70. The molecule has 7 nitrogen and oxygen atoms in total. The summed E-state index contributed by atoms with van der Waals surface area (Å²) in [5.41, 5.74) is -1.08. The molecule has 0 aromatic carbocycles. The van der Waals surface area contributed by atoms with E-state index < -0.39 is 29.7 Å². The third-order valence-corrected chi connectivity index (χ3v) is 2.55. The average molecular weight is 228 g/mol. The van der Waals surface area contributed by atoms with Gasteiger partial charge in [-0.25, -0.2) is 4.79 Å². The van der Waals surface area contributed by atoms with E-state index in [-0.39, 0.29) is 13.0 Å². The smallest absolute Gasteiger partial charge is 0.330 e. The standard InChI is InChI=1S/C9H12N2O5/c12-4-6-5(13)3-8(16-6)11-2-1-7(14)10-9(11)15/h1-2,5-6,8,12-13H,3-4H2,(H,10,14,15)/t5-,6-,8+/m0/s1. The number of hydrogen-bond acceptors (Lipinski definition) is 5. The zero-order valence-electron chi connectivity index (χ0n) is 8.37. The quantitative estimate of drug-likeness (QED) is 0.552. The normalized spacial score (nSPS) is 29.5. The highest BCUT2D eigenvalue weighted by atomic mass is 16.5. The van der Waals surface area contributed by atoms with E-state index in [1.165, 1.54) is 16.8 Å².